The van der Waals surface area contributed by atoms with Gasteiger partial charge in [-0.15, -0.1) is 0 Å². The summed E-state index contributed by atoms with van der Waals surface area (Å²) in [5.41, 5.74) is 2.05. The monoisotopic (exact) mass is 489 g/mol. The molecule has 0 radical (unpaired) electrons. The fourth-order valence-corrected chi connectivity index (χ4v) is 4.25. The molecule has 3 aromatic carbocycles. The second-order valence-corrected chi connectivity index (χ2v) is 8.95. The van der Waals surface area contributed by atoms with E-state index < -0.39 is 0 Å². The van der Waals surface area contributed by atoms with E-state index in [-0.39, 0.29) is 23.7 Å². The smallest absolute Gasteiger partial charge is 0.331 e. The maximum atomic E-state index is 13.3. The molecule has 1 aromatic heterocycles. The first-order valence-corrected chi connectivity index (χ1v) is 12.2. The van der Waals surface area contributed by atoms with Crippen LogP contribution in [-0.2, 0) is 24.3 Å². The predicted octanol–water partition coefficient (Wildman–Crippen LogP) is 4.39. The molecule has 0 fully saturated rings. The molecule has 0 saturated carbocycles. The lowest BCUT2D eigenvalue weighted by molar-refractivity contribution is -0.121. The quantitative estimate of drug-likeness (QED) is 0.336. The Morgan fingerprint density at radius 3 is 2.29 bits per heavy atom. The summed E-state index contributed by atoms with van der Waals surface area (Å²) in [7, 11) is 0. The van der Waals surface area contributed by atoms with Crippen LogP contribution in [0.4, 0.5) is 0 Å². The molecule has 1 heterocycles. The topological polar surface area (TPSA) is 73.1 Å². The first-order valence-electron chi connectivity index (χ1n) is 11.8. The number of rotatable bonds is 10. The van der Waals surface area contributed by atoms with Crippen molar-refractivity contribution < 1.29 is 4.79 Å². The Labute approximate surface area is 208 Å². The van der Waals surface area contributed by atoms with Gasteiger partial charge in [0.2, 0.25) is 5.91 Å². The van der Waals surface area contributed by atoms with Gasteiger partial charge in [0, 0.05) is 24.5 Å². The summed E-state index contributed by atoms with van der Waals surface area (Å²) >= 11 is 5.99. The van der Waals surface area contributed by atoms with Crippen molar-refractivity contribution in [3.63, 3.8) is 0 Å². The normalized spacial score (nSPS) is 11.0. The zero-order valence-electron chi connectivity index (χ0n) is 19.5. The van der Waals surface area contributed by atoms with Gasteiger partial charge in [0.25, 0.3) is 5.56 Å². The number of hydrogen-bond donors (Lipinski definition) is 1. The molecule has 0 bridgehead atoms. The Morgan fingerprint density at radius 2 is 1.51 bits per heavy atom. The van der Waals surface area contributed by atoms with Gasteiger partial charge in [0.15, 0.2) is 0 Å². The second-order valence-electron chi connectivity index (χ2n) is 8.51. The Balaban J connectivity index is 1.40. The summed E-state index contributed by atoms with van der Waals surface area (Å²) in [5, 5.41) is 4.06. The van der Waals surface area contributed by atoms with Crippen molar-refractivity contribution in [2.24, 2.45) is 0 Å². The highest BCUT2D eigenvalue weighted by Gasteiger charge is 2.13. The number of benzene rings is 3. The molecule has 0 aliphatic carbocycles. The molecule has 1 N–H and O–H groups in total. The maximum absolute atomic E-state index is 13.3. The summed E-state index contributed by atoms with van der Waals surface area (Å²) in [4.78, 5) is 38.5. The molecule has 0 saturated heterocycles. The van der Waals surface area contributed by atoms with Crippen LogP contribution in [0.5, 0.6) is 0 Å². The number of hydrogen-bond acceptors (Lipinski definition) is 3. The van der Waals surface area contributed by atoms with E-state index >= 15 is 0 Å². The number of unbranched alkanes of at least 4 members (excludes halogenated alkanes) is 1. The third kappa shape index (κ3) is 6.28. The van der Waals surface area contributed by atoms with Gasteiger partial charge >= 0.3 is 5.69 Å². The van der Waals surface area contributed by atoms with E-state index in [1.165, 1.54) is 10.1 Å². The van der Waals surface area contributed by atoms with Gasteiger partial charge in [-0.2, -0.15) is 0 Å². The van der Waals surface area contributed by atoms with Crippen LogP contribution in [0, 0.1) is 0 Å². The van der Waals surface area contributed by atoms with E-state index in [9.17, 15) is 14.4 Å². The minimum absolute atomic E-state index is 0.0214. The van der Waals surface area contributed by atoms with Crippen LogP contribution in [0.15, 0.2) is 88.5 Å². The Morgan fingerprint density at radius 1 is 0.800 bits per heavy atom. The molecule has 6 nitrogen and oxygen atoms in total. The molecule has 7 heteroatoms. The molecule has 0 atom stereocenters. The zero-order valence-corrected chi connectivity index (χ0v) is 20.2. The second kappa shape index (κ2) is 11.7. The SMILES string of the molecule is O=C(CCCCn1c(=O)c2ccccc2n(Cc2ccc(Cl)cc2)c1=O)NCCc1ccccc1. The maximum Gasteiger partial charge on any atom is 0.331 e. The number of amides is 1. The van der Waals surface area contributed by atoms with Gasteiger partial charge in [-0.25, -0.2) is 4.79 Å². The summed E-state index contributed by atoms with van der Waals surface area (Å²) in [6.45, 7) is 1.18. The lowest BCUT2D eigenvalue weighted by Crippen LogP contribution is -2.40. The molecule has 35 heavy (non-hydrogen) atoms. The van der Waals surface area contributed by atoms with Gasteiger partial charge < -0.3 is 5.32 Å². The highest BCUT2D eigenvalue weighted by atomic mass is 35.5. The number of fused-ring (bicyclic) bond motifs is 1. The van der Waals surface area contributed by atoms with Crippen LogP contribution in [0.3, 0.4) is 0 Å². The Kier molecular flexibility index (Phi) is 8.16. The van der Waals surface area contributed by atoms with Crippen LogP contribution in [0.2, 0.25) is 5.02 Å². The standard InChI is InChI=1S/C28H28ClN3O3/c29-23-15-13-22(14-16-23)20-32-25-11-5-4-10-24(25)27(34)31(28(32)35)19-7-6-12-26(33)30-18-17-21-8-2-1-3-9-21/h1-5,8-11,13-16H,6-7,12,17-20H2,(H,30,33). The number of para-hydroxylation sites is 1. The van der Waals surface area contributed by atoms with E-state index in [1.807, 2.05) is 48.5 Å². The van der Waals surface area contributed by atoms with E-state index in [1.54, 1.807) is 34.9 Å². The van der Waals surface area contributed by atoms with Crippen molar-refractivity contribution in [1.29, 1.82) is 0 Å². The molecule has 0 aliphatic rings. The lowest BCUT2D eigenvalue weighted by atomic mass is 10.1. The number of halogens is 1. The third-order valence-corrected chi connectivity index (χ3v) is 6.25. The van der Waals surface area contributed by atoms with Crippen molar-refractivity contribution in [2.45, 2.75) is 38.8 Å². The Hall–Kier alpha value is -3.64. The third-order valence-electron chi connectivity index (χ3n) is 6.00. The number of nitrogens with zero attached hydrogens (tertiary/aromatic N) is 2. The van der Waals surface area contributed by atoms with E-state index in [0.29, 0.717) is 48.3 Å². The summed E-state index contributed by atoms with van der Waals surface area (Å²) in [6, 6.07) is 24.5. The summed E-state index contributed by atoms with van der Waals surface area (Å²) in [5.74, 6) is -0.0214. The molecule has 4 rings (SSSR count). The lowest BCUT2D eigenvalue weighted by Gasteiger charge is -2.14. The summed E-state index contributed by atoms with van der Waals surface area (Å²) < 4.78 is 2.90. The number of aromatic nitrogens is 2. The van der Waals surface area contributed by atoms with E-state index in [2.05, 4.69) is 5.32 Å². The van der Waals surface area contributed by atoms with Crippen LogP contribution in [-0.4, -0.2) is 21.6 Å². The van der Waals surface area contributed by atoms with Crippen molar-refractivity contribution in [3.05, 3.63) is 116 Å². The minimum atomic E-state index is -0.351. The predicted molar refractivity (Wildman–Crippen MR) is 140 cm³/mol. The Bertz CT molecular complexity index is 1410. The average Bonchev–Trinajstić information content (AvgIpc) is 2.88. The van der Waals surface area contributed by atoms with Crippen molar-refractivity contribution in [2.75, 3.05) is 6.54 Å². The molecule has 180 valence electrons. The number of carbonyl (C=O) groups excluding carboxylic acids is 1. The first-order chi connectivity index (χ1) is 17.0. The van der Waals surface area contributed by atoms with E-state index in [4.69, 9.17) is 11.6 Å². The number of carbonyl (C=O) groups is 1. The van der Waals surface area contributed by atoms with Crippen LogP contribution in [0.25, 0.3) is 10.9 Å². The first kappa shape index (κ1) is 24.5. The van der Waals surface area contributed by atoms with Crippen molar-refractivity contribution >= 4 is 28.4 Å². The van der Waals surface area contributed by atoms with Crippen LogP contribution < -0.4 is 16.6 Å². The fourth-order valence-electron chi connectivity index (χ4n) is 4.13. The molecular weight excluding hydrogens is 462 g/mol. The van der Waals surface area contributed by atoms with E-state index in [0.717, 1.165) is 12.0 Å². The van der Waals surface area contributed by atoms with Crippen molar-refractivity contribution in [3.8, 4) is 0 Å². The van der Waals surface area contributed by atoms with Crippen LogP contribution in [0.1, 0.15) is 30.4 Å². The highest BCUT2D eigenvalue weighted by molar-refractivity contribution is 6.30. The average molecular weight is 490 g/mol. The molecule has 0 unspecified atom stereocenters. The largest absolute Gasteiger partial charge is 0.356 e. The number of nitrogens with one attached hydrogen (secondary N) is 1. The van der Waals surface area contributed by atoms with Gasteiger partial charge in [-0.05, 0) is 54.7 Å². The molecule has 4 aromatic rings. The van der Waals surface area contributed by atoms with Gasteiger partial charge in [-0.3, -0.25) is 18.7 Å². The highest BCUT2D eigenvalue weighted by Crippen LogP contribution is 2.13. The minimum Gasteiger partial charge on any atom is -0.356 e. The molecule has 0 aliphatic heterocycles. The molecule has 0 spiro atoms. The van der Waals surface area contributed by atoms with Gasteiger partial charge in [0.05, 0.1) is 17.4 Å². The molecule has 1 amide bonds. The van der Waals surface area contributed by atoms with Gasteiger partial charge in [0.1, 0.15) is 0 Å². The van der Waals surface area contributed by atoms with Gasteiger partial charge in [-0.1, -0.05) is 66.2 Å². The van der Waals surface area contributed by atoms with Crippen molar-refractivity contribution in [1.82, 2.24) is 14.5 Å². The molecular formula is C28H28ClN3O3. The fraction of sp³-hybridized carbons (Fsp3) is 0.250. The van der Waals surface area contributed by atoms with Crippen LogP contribution >= 0.6 is 11.6 Å². The summed E-state index contributed by atoms with van der Waals surface area (Å²) in [6.07, 6.45) is 2.29. The zero-order chi connectivity index (χ0) is 24.6.